The van der Waals surface area contributed by atoms with Crippen LogP contribution in [0.2, 0.25) is 0 Å². The Kier molecular flexibility index (Phi) is 5.45. The van der Waals surface area contributed by atoms with E-state index in [1.54, 1.807) is 29.3 Å². The molecule has 1 saturated heterocycles. The molecular weight excluding hydrogens is 389 g/mol. The maximum absolute atomic E-state index is 13.1. The molecule has 0 aliphatic carbocycles. The summed E-state index contributed by atoms with van der Waals surface area (Å²) in [7, 11) is 0. The van der Waals surface area contributed by atoms with Crippen molar-refractivity contribution in [3.8, 4) is 6.07 Å². The summed E-state index contributed by atoms with van der Waals surface area (Å²) < 4.78 is 19.8. The van der Waals surface area contributed by atoms with Crippen molar-refractivity contribution in [2.75, 3.05) is 18.4 Å². The number of likely N-dealkylation sites (tertiary alicyclic amines) is 1. The normalized spacial score (nSPS) is 19.3. The average molecular weight is 409 g/mol. The first-order valence-corrected chi connectivity index (χ1v) is 9.44. The number of benzene rings is 1. The number of nitrogens with zero attached hydrogens (tertiary/aromatic N) is 5. The van der Waals surface area contributed by atoms with Crippen molar-refractivity contribution in [2.24, 2.45) is 11.7 Å². The third kappa shape index (κ3) is 4.16. The van der Waals surface area contributed by atoms with Gasteiger partial charge in [-0.2, -0.15) is 10.4 Å². The van der Waals surface area contributed by atoms with E-state index in [4.69, 9.17) is 10.2 Å². The predicted molar refractivity (Wildman–Crippen MR) is 105 cm³/mol. The predicted octanol–water partition coefficient (Wildman–Crippen LogP) is 2.44. The van der Waals surface area contributed by atoms with Crippen molar-refractivity contribution < 1.29 is 13.6 Å². The lowest BCUT2D eigenvalue weighted by Gasteiger charge is -2.34. The monoisotopic (exact) mass is 409 g/mol. The number of primary amides is 1. The molecule has 1 aliphatic rings. The molecule has 10 heteroatoms. The van der Waals surface area contributed by atoms with Gasteiger partial charge in [0.1, 0.15) is 17.6 Å². The molecule has 0 radical (unpaired) electrons. The van der Waals surface area contributed by atoms with Gasteiger partial charge in [-0.25, -0.2) is 9.37 Å². The van der Waals surface area contributed by atoms with E-state index in [1.165, 1.54) is 18.5 Å². The van der Waals surface area contributed by atoms with Crippen LogP contribution in [-0.4, -0.2) is 38.7 Å². The van der Waals surface area contributed by atoms with E-state index in [9.17, 15) is 14.4 Å². The molecule has 3 N–H and O–H groups in total. The van der Waals surface area contributed by atoms with Crippen LogP contribution in [0.1, 0.15) is 28.5 Å². The van der Waals surface area contributed by atoms with Gasteiger partial charge < -0.3 is 15.5 Å². The summed E-state index contributed by atoms with van der Waals surface area (Å²) in [5.74, 6) is -1.06. The molecule has 1 aliphatic heterocycles. The van der Waals surface area contributed by atoms with Gasteiger partial charge in [0.15, 0.2) is 12.2 Å². The number of nitrogens with one attached hydrogen (secondary N) is 1. The summed E-state index contributed by atoms with van der Waals surface area (Å²) in [5.41, 5.74) is 7.11. The van der Waals surface area contributed by atoms with Crippen LogP contribution in [-0.2, 0) is 6.54 Å². The summed E-state index contributed by atoms with van der Waals surface area (Å²) in [6.07, 6.45) is 5.21. The van der Waals surface area contributed by atoms with Crippen molar-refractivity contribution in [2.45, 2.75) is 19.0 Å². The van der Waals surface area contributed by atoms with E-state index < -0.39 is 5.91 Å². The van der Waals surface area contributed by atoms with Gasteiger partial charge in [-0.05, 0) is 30.7 Å². The third-order valence-corrected chi connectivity index (χ3v) is 5.14. The number of oxazole rings is 1. The molecule has 0 saturated carbocycles. The van der Waals surface area contributed by atoms with Gasteiger partial charge in [0.25, 0.3) is 5.91 Å². The number of nitriles is 1. The molecule has 2 aromatic heterocycles. The van der Waals surface area contributed by atoms with Crippen molar-refractivity contribution in [3.05, 3.63) is 60.2 Å². The highest BCUT2D eigenvalue weighted by atomic mass is 19.1. The van der Waals surface area contributed by atoms with Crippen LogP contribution in [0, 0.1) is 23.1 Å². The van der Waals surface area contributed by atoms with Gasteiger partial charge in [-0.3, -0.25) is 14.4 Å². The lowest BCUT2D eigenvalue weighted by Crippen LogP contribution is -2.40. The highest BCUT2D eigenvalue weighted by Crippen LogP contribution is 2.30. The topological polar surface area (TPSA) is 126 Å². The number of hydrogen-bond acceptors (Lipinski definition) is 7. The maximum Gasteiger partial charge on any atom is 0.254 e. The standard InChI is InChI=1S/C20H20FN7O2/c21-14-1-3-15(4-2-14)25-20-17(19(23)29)10-28(26-20)18-5-6-27(8-13(18)7-22)9-16-11-30-12-24-16/h1-4,10-13,18H,5-6,8-9H2,(H2,23,29)(H,25,26)/t13-,18+/m1/s1. The van der Waals surface area contributed by atoms with Crippen LogP contribution in [0.15, 0.2) is 47.5 Å². The van der Waals surface area contributed by atoms with E-state index in [1.807, 2.05) is 0 Å². The zero-order chi connectivity index (χ0) is 21.1. The number of carbonyl (C=O) groups excluding carboxylic acids is 1. The molecule has 9 nitrogen and oxygen atoms in total. The highest BCUT2D eigenvalue weighted by molar-refractivity contribution is 5.98. The largest absolute Gasteiger partial charge is 0.451 e. The zero-order valence-corrected chi connectivity index (χ0v) is 16.0. The van der Waals surface area contributed by atoms with Gasteiger partial charge in [0.2, 0.25) is 0 Å². The molecular formula is C20H20FN7O2. The number of hydrogen-bond donors (Lipinski definition) is 2. The van der Waals surface area contributed by atoms with Crippen LogP contribution >= 0.6 is 0 Å². The van der Waals surface area contributed by atoms with Crippen LogP contribution in [0.4, 0.5) is 15.9 Å². The van der Waals surface area contributed by atoms with Crippen LogP contribution in [0.5, 0.6) is 0 Å². The first-order valence-electron chi connectivity index (χ1n) is 9.44. The van der Waals surface area contributed by atoms with Gasteiger partial charge in [0, 0.05) is 31.5 Å². The summed E-state index contributed by atoms with van der Waals surface area (Å²) in [6, 6.07) is 7.84. The van der Waals surface area contributed by atoms with Crippen LogP contribution < -0.4 is 11.1 Å². The molecule has 4 rings (SSSR count). The smallest absolute Gasteiger partial charge is 0.254 e. The van der Waals surface area contributed by atoms with Crippen molar-refractivity contribution >= 4 is 17.4 Å². The molecule has 0 spiro atoms. The van der Waals surface area contributed by atoms with Crippen molar-refractivity contribution in [3.63, 3.8) is 0 Å². The number of amides is 1. The SMILES string of the molecule is N#C[C@@H]1CN(Cc2cocn2)CC[C@@H]1n1cc(C(N)=O)c(Nc2ccc(F)cc2)n1. The van der Waals surface area contributed by atoms with E-state index in [2.05, 4.69) is 26.4 Å². The molecule has 30 heavy (non-hydrogen) atoms. The molecule has 0 bridgehead atoms. The molecule has 1 aromatic carbocycles. The number of carbonyl (C=O) groups is 1. The Morgan fingerprint density at radius 1 is 1.40 bits per heavy atom. The van der Waals surface area contributed by atoms with E-state index in [0.29, 0.717) is 25.2 Å². The lowest BCUT2D eigenvalue weighted by atomic mass is 9.93. The molecule has 154 valence electrons. The van der Waals surface area contributed by atoms with E-state index >= 15 is 0 Å². The van der Waals surface area contributed by atoms with Gasteiger partial charge >= 0.3 is 0 Å². The quantitative estimate of drug-likeness (QED) is 0.640. The van der Waals surface area contributed by atoms with E-state index in [-0.39, 0.29) is 29.2 Å². The fraction of sp³-hybridized carbons (Fsp3) is 0.300. The summed E-state index contributed by atoms with van der Waals surface area (Å²) in [4.78, 5) is 18.2. The van der Waals surface area contributed by atoms with Crippen molar-refractivity contribution in [1.82, 2.24) is 19.7 Å². The molecule has 0 unspecified atom stereocenters. The summed E-state index contributed by atoms with van der Waals surface area (Å²) in [5, 5.41) is 17.2. The fourth-order valence-electron chi connectivity index (χ4n) is 3.64. The van der Waals surface area contributed by atoms with Gasteiger partial charge in [-0.15, -0.1) is 0 Å². The lowest BCUT2D eigenvalue weighted by molar-refractivity contribution is 0.100. The van der Waals surface area contributed by atoms with Gasteiger partial charge in [-0.1, -0.05) is 0 Å². The summed E-state index contributed by atoms with van der Waals surface area (Å²) >= 11 is 0. The molecule has 1 fully saturated rings. The third-order valence-electron chi connectivity index (χ3n) is 5.14. The van der Waals surface area contributed by atoms with Crippen molar-refractivity contribution in [1.29, 1.82) is 5.26 Å². The minimum atomic E-state index is -0.636. The number of rotatable bonds is 6. The number of aromatic nitrogens is 3. The summed E-state index contributed by atoms with van der Waals surface area (Å²) in [6.45, 7) is 1.88. The van der Waals surface area contributed by atoms with Crippen LogP contribution in [0.25, 0.3) is 0 Å². The Labute approximate surface area is 171 Å². The molecule has 1 amide bonds. The second-order valence-corrected chi connectivity index (χ2v) is 7.17. The van der Waals surface area contributed by atoms with Crippen LogP contribution in [0.3, 0.4) is 0 Å². The average Bonchev–Trinajstić information content (AvgIpc) is 3.39. The molecule has 3 aromatic rings. The first-order chi connectivity index (χ1) is 14.5. The molecule has 2 atom stereocenters. The second-order valence-electron chi connectivity index (χ2n) is 7.17. The Morgan fingerprint density at radius 2 is 2.20 bits per heavy atom. The minimum absolute atomic E-state index is 0.203. The number of piperidine rings is 1. The number of halogens is 1. The molecule has 3 heterocycles. The van der Waals surface area contributed by atoms with Gasteiger partial charge in [0.05, 0.1) is 23.7 Å². The first kappa shape index (κ1) is 19.6. The minimum Gasteiger partial charge on any atom is -0.451 e. The Hall–Kier alpha value is -3.71. The Bertz CT molecular complexity index is 1060. The number of nitrogens with two attached hydrogens (primary N) is 1. The van der Waals surface area contributed by atoms with E-state index in [0.717, 1.165) is 12.2 Å². The highest BCUT2D eigenvalue weighted by Gasteiger charge is 2.32. The fourth-order valence-corrected chi connectivity index (χ4v) is 3.64. The zero-order valence-electron chi connectivity index (χ0n) is 16.0. The Morgan fingerprint density at radius 3 is 2.87 bits per heavy atom. The maximum atomic E-state index is 13.1. The second kappa shape index (κ2) is 8.34. The number of anilines is 2. The Balaban J connectivity index is 1.53.